The number of carbonyl (C=O) groups excluding carboxylic acids is 3. The van der Waals surface area contributed by atoms with Crippen LogP contribution in [0.25, 0.3) is 5.57 Å². The molecule has 0 N–H and O–H groups in total. The molecule has 0 unspecified atom stereocenters. The number of esters is 2. The second-order valence-electron chi connectivity index (χ2n) is 8.11. The van der Waals surface area contributed by atoms with Crippen LogP contribution in [-0.4, -0.2) is 49.6 Å². The predicted octanol–water partition coefficient (Wildman–Crippen LogP) is 4.55. The zero-order valence-electron chi connectivity index (χ0n) is 19.4. The van der Waals surface area contributed by atoms with Gasteiger partial charge in [-0.15, -0.1) is 0 Å². The van der Waals surface area contributed by atoms with Gasteiger partial charge in [-0.1, -0.05) is 49.6 Å². The van der Waals surface area contributed by atoms with E-state index in [0.29, 0.717) is 31.7 Å². The van der Waals surface area contributed by atoms with Crippen molar-refractivity contribution >= 4 is 69.7 Å². The molecule has 0 fully saturated rings. The van der Waals surface area contributed by atoms with E-state index in [1.165, 1.54) is 14.2 Å². The predicted molar refractivity (Wildman–Crippen MR) is 135 cm³/mol. The Balaban J connectivity index is 2.29. The van der Waals surface area contributed by atoms with Crippen LogP contribution in [0, 0.1) is 5.92 Å². The minimum Gasteiger partial charge on any atom is -0.497 e. The maximum Gasteiger partial charge on any atom is 0.346 e. The van der Waals surface area contributed by atoms with Gasteiger partial charge in [-0.25, -0.2) is 9.59 Å². The summed E-state index contributed by atoms with van der Waals surface area (Å²) in [5, 5.41) is 0. The van der Waals surface area contributed by atoms with Crippen molar-refractivity contribution in [3.8, 4) is 5.75 Å². The van der Waals surface area contributed by atoms with Crippen LogP contribution in [0.1, 0.15) is 33.3 Å². The summed E-state index contributed by atoms with van der Waals surface area (Å²) < 4.78 is 15.8. The van der Waals surface area contributed by atoms with Crippen LogP contribution in [0.15, 0.2) is 32.2 Å². The van der Waals surface area contributed by atoms with Crippen LogP contribution in [0.3, 0.4) is 0 Å². The molecule has 176 valence electrons. The maximum absolute atomic E-state index is 13.2. The summed E-state index contributed by atoms with van der Waals surface area (Å²) in [7, 11) is 4.07. The summed E-state index contributed by atoms with van der Waals surface area (Å²) in [6.07, 6.45) is 0. The lowest BCUT2D eigenvalue weighted by molar-refractivity contribution is -0.138. The highest BCUT2D eigenvalue weighted by Gasteiger charge is 2.46. The van der Waals surface area contributed by atoms with Crippen LogP contribution in [-0.2, 0) is 23.9 Å². The molecule has 3 rings (SSSR count). The van der Waals surface area contributed by atoms with Crippen LogP contribution in [0.2, 0.25) is 0 Å². The number of hydrogen-bond acceptors (Lipinski definition) is 9. The largest absolute Gasteiger partial charge is 0.497 e. The standard InChI is InChI=1S/C23H25NO6S3/c1-11(2)19(25)24-14-9-8-12(28-5)10-13(14)15(18(31)23(24,3)4)22-32-16(20(26)29-6)17(33-22)21(27)30-7/h8-11H,1-7H3. The number of methoxy groups -OCH3 is 3. The molecule has 2 aliphatic rings. The van der Waals surface area contributed by atoms with Gasteiger partial charge in [-0.05, 0) is 32.0 Å². The Kier molecular flexibility index (Phi) is 7.30. The lowest BCUT2D eigenvalue weighted by Gasteiger charge is -2.46. The lowest BCUT2D eigenvalue weighted by Crippen LogP contribution is -2.57. The van der Waals surface area contributed by atoms with Gasteiger partial charge in [0.1, 0.15) is 15.6 Å². The molecule has 2 aliphatic heterocycles. The molecule has 0 saturated heterocycles. The first-order valence-corrected chi connectivity index (χ1v) is 12.1. The molecule has 1 aromatic carbocycles. The quantitative estimate of drug-likeness (QED) is 0.331. The smallest absolute Gasteiger partial charge is 0.346 e. The number of thiocarbonyl (C=S) groups is 1. The molecule has 33 heavy (non-hydrogen) atoms. The van der Waals surface area contributed by atoms with Gasteiger partial charge in [0, 0.05) is 17.1 Å². The summed E-state index contributed by atoms with van der Waals surface area (Å²) in [5.41, 5.74) is 1.22. The van der Waals surface area contributed by atoms with E-state index in [1.54, 1.807) is 18.1 Å². The molecule has 0 spiro atoms. The third-order valence-electron chi connectivity index (χ3n) is 5.31. The molecule has 10 heteroatoms. The Morgan fingerprint density at radius 3 is 2.00 bits per heavy atom. The number of carbonyl (C=O) groups is 3. The molecular weight excluding hydrogens is 482 g/mol. The highest BCUT2D eigenvalue weighted by atomic mass is 32.2. The molecule has 0 saturated carbocycles. The van der Waals surface area contributed by atoms with Gasteiger partial charge < -0.3 is 19.1 Å². The van der Waals surface area contributed by atoms with E-state index in [2.05, 4.69) is 0 Å². The van der Waals surface area contributed by atoms with Crippen LogP contribution < -0.4 is 9.64 Å². The van der Waals surface area contributed by atoms with E-state index < -0.39 is 17.5 Å². The van der Waals surface area contributed by atoms with Gasteiger partial charge in [0.25, 0.3) is 0 Å². The first-order chi connectivity index (χ1) is 15.5. The zero-order chi connectivity index (χ0) is 24.7. The number of thioether (sulfide) groups is 2. The van der Waals surface area contributed by atoms with Crippen molar-refractivity contribution in [2.75, 3.05) is 26.2 Å². The van der Waals surface area contributed by atoms with Gasteiger partial charge in [-0.3, -0.25) is 4.79 Å². The summed E-state index contributed by atoms with van der Waals surface area (Å²) >= 11 is 8.16. The van der Waals surface area contributed by atoms with E-state index in [4.69, 9.17) is 26.4 Å². The van der Waals surface area contributed by atoms with Crippen molar-refractivity contribution in [1.82, 2.24) is 0 Å². The van der Waals surface area contributed by atoms with Crippen molar-refractivity contribution in [1.29, 1.82) is 0 Å². The van der Waals surface area contributed by atoms with Gasteiger partial charge in [0.05, 0.1) is 41.7 Å². The van der Waals surface area contributed by atoms with Crippen molar-refractivity contribution in [2.24, 2.45) is 5.92 Å². The van der Waals surface area contributed by atoms with Crippen molar-refractivity contribution in [2.45, 2.75) is 33.2 Å². The molecule has 1 aromatic rings. The van der Waals surface area contributed by atoms with Gasteiger partial charge in [0.15, 0.2) is 0 Å². The zero-order valence-corrected chi connectivity index (χ0v) is 21.9. The number of anilines is 1. The minimum absolute atomic E-state index is 0.0619. The lowest BCUT2D eigenvalue weighted by atomic mass is 9.82. The number of ether oxygens (including phenoxy) is 3. The highest BCUT2D eigenvalue weighted by molar-refractivity contribution is 8.29. The fourth-order valence-electron chi connectivity index (χ4n) is 3.58. The van der Waals surface area contributed by atoms with Crippen molar-refractivity contribution in [3.05, 3.63) is 37.8 Å². The molecular formula is C23H25NO6S3. The number of hydrogen-bond donors (Lipinski definition) is 0. The average molecular weight is 508 g/mol. The maximum atomic E-state index is 13.2. The van der Waals surface area contributed by atoms with Gasteiger partial charge in [0.2, 0.25) is 5.91 Å². The third kappa shape index (κ3) is 4.31. The SMILES string of the molecule is COC(=O)C1=C(C(=O)OC)SC(=C2C(=S)C(C)(C)N(C(=O)C(C)C)c3ccc(OC)cc32)S1. The first-order valence-electron chi connectivity index (χ1n) is 10.1. The van der Waals surface area contributed by atoms with Gasteiger partial charge in [-0.2, -0.15) is 0 Å². The fraction of sp³-hybridized carbons (Fsp3) is 0.391. The number of fused-ring (bicyclic) bond motifs is 1. The number of benzene rings is 1. The molecule has 2 heterocycles. The van der Waals surface area contributed by atoms with E-state index in [1.807, 2.05) is 39.8 Å². The summed E-state index contributed by atoms with van der Waals surface area (Å²) in [6, 6.07) is 5.44. The van der Waals surface area contributed by atoms with Crippen LogP contribution >= 0.6 is 35.7 Å². The van der Waals surface area contributed by atoms with E-state index in [9.17, 15) is 14.4 Å². The first kappa shape index (κ1) is 25.3. The molecule has 0 aliphatic carbocycles. The topological polar surface area (TPSA) is 82.1 Å². The van der Waals surface area contributed by atoms with Crippen molar-refractivity contribution in [3.63, 3.8) is 0 Å². The molecule has 0 bridgehead atoms. The normalized spacial score (nSPS) is 17.3. The molecule has 1 amide bonds. The molecule has 0 aromatic heterocycles. The van der Waals surface area contributed by atoms with Crippen LogP contribution in [0.4, 0.5) is 5.69 Å². The molecule has 0 radical (unpaired) electrons. The number of amides is 1. The highest BCUT2D eigenvalue weighted by Crippen LogP contribution is 2.56. The van der Waals surface area contributed by atoms with Crippen molar-refractivity contribution < 1.29 is 28.6 Å². The summed E-state index contributed by atoms with van der Waals surface area (Å²) in [5.74, 6) is -0.981. The average Bonchev–Trinajstić information content (AvgIpc) is 3.23. The Bertz CT molecular complexity index is 1090. The van der Waals surface area contributed by atoms with Crippen LogP contribution in [0.5, 0.6) is 5.75 Å². The Morgan fingerprint density at radius 2 is 1.55 bits per heavy atom. The Labute approximate surface area is 206 Å². The summed E-state index contributed by atoms with van der Waals surface area (Å²) in [6.45, 7) is 7.47. The third-order valence-corrected chi connectivity index (χ3v) is 8.57. The van der Waals surface area contributed by atoms with E-state index in [0.717, 1.165) is 23.5 Å². The second-order valence-corrected chi connectivity index (χ2v) is 10.8. The Hall–Kier alpha value is -2.30. The van der Waals surface area contributed by atoms with E-state index in [-0.39, 0.29) is 21.6 Å². The molecule has 7 nitrogen and oxygen atoms in total. The molecule has 0 atom stereocenters. The fourth-order valence-corrected chi connectivity index (χ4v) is 6.61. The van der Waals surface area contributed by atoms with E-state index >= 15 is 0 Å². The monoisotopic (exact) mass is 507 g/mol. The minimum atomic E-state index is -0.832. The summed E-state index contributed by atoms with van der Waals surface area (Å²) in [4.78, 5) is 40.6. The van der Waals surface area contributed by atoms with Gasteiger partial charge >= 0.3 is 11.9 Å². The number of nitrogens with zero attached hydrogens (tertiary/aromatic N) is 1. The number of rotatable bonds is 4. The second kappa shape index (κ2) is 9.52. The Morgan fingerprint density at radius 1 is 1.00 bits per heavy atom.